The van der Waals surface area contributed by atoms with Crippen molar-refractivity contribution in [2.24, 2.45) is 0 Å². The van der Waals surface area contributed by atoms with Gasteiger partial charge in [0.1, 0.15) is 4.01 Å². The van der Waals surface area contributed by atoms with E-state index in [0.29, 0.717) is 0 Å². The van der Waals surface area contributed by atoms with Crippen molar-refractivity contribution in [2.45, 2.75) is 6.92 Å². The van der Waals surface area contributed by atoms with E-state index in [1.165, 1.54) is 7.80 Å². The Kier molecular flexibility index (Phi) is 1.55. The van der Waals surface area contributed by atoms with Crippen molar-refractivity contribution in [2.75, 3.05) is 0 Å². The highest BCUT2D eigenvalue weighted by Crippen LogP contribution is 2.33. The molecule has 52 valence electrons. The van der Waals surface area contributed by atoms with Gasteiger partial charge in [0.05, 0.1) is 14.3 Å². The molecule has 0 unspecified atom stereocenters. The van der Waals surface area contributed by atoms with Crippen LogP contribution in [0.15, 0.2) is 9.85 Å². The van der Waals surface area contributed by atoms with Crippen LogP contribution in [0.3, 0.4) is 0 Å². The molecule has 0 amide bonds. The molecule has 2 rings (SSSR count). The first kappa shape index (κ1) is 6.76. The second-order valence-electron chi connectivity index (χ2n) is 1.96. The van der Waals surface area contributed by atoms with Crippen LogP contribution in [0.5, 0.6) is 0 Å². The number of fused-ring (bicyclic) bond motifs is 1. The van der Waals surface area contributed by atoms with E-state index in [-0.39, 0.29) is 0 Å². The highest BCUT2D eigenvalue weighted by atomic mass is 79.9. The molecule has 2 aromatic heterocycles. The molecular weight excluding hydrogens is 230 g/mol. The monoisotopic (exact) mass is 233 g/mol. The highest BCUT2D eigenvalue weighted by Gasteiger charge is 2.02. The third-order valence-electron chi connectivity index (χ3n) is 1.17. The summed E-state index contributed by atoms with van der Waals surface area (Å²) in [4.78, 5) is 4.33. The zero-order valence-corrected chi connectivity index (χ0v) is 8.44. The lowest BCUT2D eigenvalue weighted by Crippen LogP contribution is -1.61. The topological polar surface area (TPSA) is 12.9 Å². The van der Waals surface area contributed by atoms with Gasteiger partial charge in [0.25, 0.3) is 0 Å². The standard InChI is InChI=1S/C6H4BrNS2/c1-3-8-4-2-5(7)10-6(4)9-3/h2H,1H3. The largest absolute Gasteiger partial charge is 0.241 e. The summed E-state index contributed by atoms with van der Waals surface area (Å²) in [5.41, 5.74) is 1.12. The second-order valence-corrected chi connectivity index (χ2v) is 5.85. The summed E-state index contributed by atoms with van der Waals surface area (Å²) in [5.74, 6) is 0. The summed E-state index contributed by atoms with van der Waals surface area (Å²) in [5, 5.41) is 1.15. The van der Waals surface area contributed by atoms with Crippen molar-refractivity contribution in [3.8, 4) is 0 Å². The van der Waals surface area contributed by atoms with Gasteiger partial charge in [-0.15, -0.1) is 22.7 Å². The first-order valence-electron chi connectivity index (χ1n) is 2.78. The number of rotatable bonds is 0. The summed E-state index contributed by atoms with van der Waals surface area (Å²) in [7, 11) is 0. The average molecular weight is 234 g/mol. The zero-order chi connectivity index (χ0) is 7.14. The quantitative estimate of drug-likeness (QED) is 0.680. The molecule has 0 fully saturated rings. The Labute approximate surface area is 74.8 Å². The number of aromatic nitrogens is 1. The molecule has 0 aliphatic rings. The first-order chi connectivity index (χ1) is 4.75. The van der Waals surface area contributed by atoms with Crippen molar-refractivity contribution >= 4 is 48.1 Å². The van der Waals surface area contributed by atoms with E-state index in [2.05, 4.69) is 27.0 Å². The predicted molar refractivity (Wildman–Crippen MR) is 49.9 cm³/mol. The molecular formula is C6H4BrNS2. The normalized spacial score (nSPS) is 11.0. The molecule has 2 heterocycles. The summed E-state index contributed by atoms with van der Waals surface area (Å²) < 4.78 is 2.48. The van der Waals surface area contributed by atoms with Gasteiger partial charge in [-0.2, -0.15) is 0 Å². The van der Waals surface area contributed by atoms with Crippen LogP contribution in [0.1, 0.15) is 5.01 Å². The summed E-state index contributed by atoms with van der Waals surface area (Å²) in [6, 6.07) is 2.06. The van der Waals surface area contributed by atoms with E-state index in [0.717, 1.165) is 10.5 Å². The van der Waals surface area contributed by atoms with E-state index < -0.39 is 0 Å². The summed E-state index contributed by atoms with van der Waals surface area (Å²) in [6.45, 7) is 2.03. The Morgan fingerprint density at radius 3 is 3.00 bits per heavy atom. The maximum absolute atomic E-state index is 4.33. The lowest BCUT2D eigenvalue weighted by molar-refractivity contribution is 1.35. The van der Waals surface area contributed by atoms with Gasteiger partial charge in [-0.3, -0.25) is 0 Å². The van der Waals surface area contributed by atoms with Crippen LogP contribution in [0, 0.1) is 6.92 Å². The molecule has 10 heavy (non-hydrogen) atoms. The number of aryl methyl sites for hydroxylation is 1. The molecule has 0 aromatic carbocycles. The fourth-order valence-electron chi connectivity index (χ4n) is 0.814. The maximum atomic E-state index is 4.33. The molecule has 0 saturated heterocycles. The number of thiophene rings is 1. The molecule has 0 N–H and O–H groups in total. The first-order valence-corrected chi connectivity index (χ1v) is 5.21. The summed E-state index contributed by atoms with van der Waals surface area (Å²) in [6.07, 6.45) is 0. The Hall–Kier alpha value is 0.0700. The van der Waals surface area contributed by atoms with Crippen LogP contribution >= 0.6 is 38.6 Å². The number of hydrogen-bond donors (Lipinski definition) is 0. The van der Waals surface area contributed by atoms with Crippen LogP contribution in [-0.4, -0.2) is 4.98 Å². The van der Waals surface area contributed by atoms with Crippen LogP contribution in [0.2, 0.25) is 0 Å². The second kappa shape index (κ2) is 2.29. The lowest BCUT2D eigenvalue weighted by atomic mass is 10.6. The van der Waals surface area contributed by atoms with Gasteiger partial charge >= 0.3 is 0 Å². The van der Waals surface area contributed by atoms with Crippen molar-refractivity contribution in [3.63, 3.8) is 0 Å². The van der Waals surface area contributed by atoms with Gasteiger partial charge in [0.15, 0.2) is 0 Å². The van der Waals surface area contributed by atoms with E-state index >= 15 is 0 Å². The predicted octanol–water partition coefficient (Wildman–Crippen LogP) is 3.43. The molecule has 0 bridgehead atoms. The van der Waals surface area contributed by atoms with Gasteiger partial charge < -0.3 is 0 Å². The van der Waals surface area contributed by atoms with Crippen LogP contribution in [0.25, 0.3) is 9.53 Å². The van der Waals surface area contributed by atoms with Crippen LogP contribution < -0.4 is 0 Å². The fraction of sp³-hybridized carbons (Fsp3) is 0.167. The van der Waals surface area contributed by atoms with Gasteiger partial charge in [-0.1, -0.05) is 0 Å². The Bertz CT molecular complexity index is 300. The highest BCUT2D eigenvalue weighted by molar-refractivity contribution is 9.11. The molecule has 0 atom stereocenters. The smallest absolute Gasteiger partial charge is 0.108 e. The van der Waals surface area contributed by atoms with Crippen LogP contribution in [0.4, 0.5) is 0 Å². The minimum atomic E-state index is 1.12. The molecule has 2 aromatic rings. The summed E-state index contributed by atoms with van der Waals surface area (Å²) >= 11 is 6.91. The molecule has 0 saturated carbocycles. The Balaban J connectivity index is 2.83. The minimum absolute atomic E-state index is 1.12. The van der Waals surface area contributed by atoms with Crippen molar-refractivity contribution in [1.82, 2.24) is 4.98 Å². The number of thiazole rings is 1. The minimum Gasteiger partial charge on any atom is -0.241 e. The van der Waals surface area contributed by atoms with E-state index in [1.807, 2.05) is 6.92 Å². The SMILES string of the molecule is Cc1nc2cc(Br)sc2s1. The van der Waals surface area contributed by atoms with Gasteiger partial charge in [-0.05, 0) is 28.9 Å². The van der Waals surface area contributed by atoms with Crippen molar-refractivity contribution in [1.29, 1.82) is 0 Å². The number of nitrogens with zero attached hydrogens (tertiary/aromatic N) is 1. The third-order valence-corrected chi connectivity index (χ3v) is 3.87. The van der Waals surface area contributed by atoms with E-state index in [1.54, 1.807) is 22.7 Å². The molecule has 0 spiro atoms. The molecule has 4 heteroatoms. The van der Waals surface area contributed by atoms with Crippen LogP contribution in [-0.2, 0) is 0 Å². The molecule has 0 aliphatic heterocycles. The van der Waals surface area contributed by atoms with E-state index in [4.69, 9.17) is 0 Å². The average Bonchev–Trinajstić information content (AvgIpc) is 2.21. The van der Waals surface area contributed by atoms with E-state index in [9.17, 15) is 0 Å². The van der Waals surface area contributed by atoms with Gasteiger partial charge in [-0.25, -0.2) is 4.98 Å². The molecule has 0 radical (unpaired) electrons. The number of hydrogen-bond acceptors (Lipinski definition) is 3. The van der Waals surface area contributed by atoms with Gasteiger partial charge in [0.2, 0.25) is 0 Å². The Morgan fingerprint density at radius 2 is 2.30 bits per heavy atom. The fourth-order valence-corrected chi connectivity index (χ4v) is 3.81. The lowest BCUT2D eigenvalue weighted by Gasteiger charge is -1.72. The van der Waals surface area contributed by atoms with Gasteiger partial charge in [0, 0.05) is 0 Å². The van der Waals surface area contributed by atoms with Crippen molar-refractivity contribution in [3.05, 3.63) is 14.9 Å². The zero-order valence-electron chi connectivity index (χ0n) is 5.22. The molecule has 1 nitrogen and oxygen atoms in total. The number of halogens is 1. The Morgan fingerprint density at radius 1 is 1.50 bits per heavy atom. The maximum Gasteiger partial charge on any atom is 0.108 e. The third kappa shape index (κ3) is 1.00. The molecule has 0 aliphatic carbocycles. The van der Waals surface area contributed by atoms with Crippen molar-refractivity contribution < 1.29 is 0 Å².